The number of hydrogen-bond donors (Lipinski definition) is 2. The molecular formula is C7H14ClNO2. The summed E-state index contributed by atoms with van der Waals surface area (Å²) >= 11 is 0. The van der Waals surface area contributed by atoms with Gasteiger partial charge in [0, 0.05) is 0 Å². The number of carbonyl (C=O) groups is 1. The zero-order valence-electron chi connectivity index (χ0n) is 6.32. The molecule has 0 aromatic rings. The van der Waals surface area contributed by atoms with E-state index in [0.29, 0.717) is 6.54 Å². The summed E-state index contributed by atoms with van der Waals surface area (Å²) in [6.45, 7) is 0.525. The third-order valence-electron chi connectivity index (χ3n) is 2.28. The van der Waals surface area contributed by atoms with E-state index in [0.717, 1.165) is 19.3 Å². The highest BCUT2D eigenvalue weighted by Gasteiger charge is 2.31. The summed E-state index contributed by atoms with van der Waals surface area (Å²) < 4.78 is 0. The summed E-state index contributed by atoms with van der Waals surface area (Å²) in [6.07, 6.45) is 2.84. The number of carboxylic acids is 1. The van der Waals surface area contributed by atoms with E-state index < -0.39 is 5.97 Å². The summed E-state index contributed by atoms with van der Waals surface area (Å²) in [5.74, 6) is -0.601. The molecule has 1 rings (SSSR count). The molecule has 3 N–H and O–H groups in total. The lowest BCUT2D eigenvalue weighted by atomic mass is 9.97. The zero-order valence-corrected chi connectivity index (χ0v) is 7.14. The van der Waals surface area contributed by atoms with Crippen LogP contribution in [0.1, 0.15) is 19.3 Å². The van der Waals surface area contributed by atoms with Gasteiger partial charge in [-0.2, -0.15) is 0 Å². The number of halogens is 1. The van der Waals surface area contributed by atoms with Crippen LogP contribution in [0.4, 0.5) is 0 Å². The van der Waals surface area contributed by atoms with Crippen molar-refractivity contribution in [3.63, 3.8) is 0 Å². The number of nitrogens with two attached hydrogens (primary N) is 1. The minimum Gasteiger partial charge on any atom is -0.481 e. The monoisotopic (exact) mass is 179 g/mol. The van der Waals surface area contributed by atoms with Crippen LogP contribution in [-0.2, 0) is 4.79 Å². The average molecular weight is 180 g/mol. The smallest absolute Gasteiger partial charge is 0.306 e. The van der Waals surface area contributed by atoms with Crippen molar-refractivity contribution in [2.24, 2.45) is 17.6 Å². The molecule has 0 aliphatic heterocycles. The second kappa shape index (κ2) is 4.57. The molecule has 4 heteroatoms. The van der Waals surface area contributed by atoms with E-state index >= 15 is 0 Å². The van der Waals surface area contributed by atoms with Gasteiger partial charge in [-0.3, -0.25) is 4.79 Å². The highest BCUT2D eigenvalue weighted by Crippen LogP contribution is 2.30. The van der Waals surface area contributed by atoms with Crippen LogP contribution in [0.5, 0.6) is 0 Å². The maximum absolute atomic E-state index is 10.5. The van der Waals surface area contributed by atoms with Crippen molar-refractivity contribution in [2.75, 3.05) is 6.54 Å². The Labute approximate surface area is 72.4 Å². The normalized spacial score (nSPS) is 29.5. The molecule has 0 heterocycles. The first-order valence-electron chi connectivity index (χ1n) is 3.68. The topological polar surface area (TPSA) is 63.3 Å². The molecule has 1 aliphatic carbocycles. The molecule has 1 fully saturated rings. The van der Waals surface area contributed by atoms with Crippen LogP contribution in [0, 0.1) is 11.8 Å². The van der Waals surface area contributed by atoms with E-state index in [4.69, 9.17) is 10.8 Å². The molecule has 66 valence electrons. The fourth-order valence-electron chi connectivity index (χ4n) is 1.64. The molecular weight excluding hydrogens is 166 g/mol. The Kier molecular flexibility index (Phi) is 4.45. The second-order valence-electron chi connectivity index (χ2n) is 2.87. The Morgan fingerprint density at radius 1 is 1.55 bits per heavy atom. The van der Waals surface area contributed by atoms with Gasteiger partial charge in [-0.15, -0.1) is 12.4 Å². The summed E-state index contributed by atoms with van der Waals surface area (Å²) in [7, 11) is 0. The zero-order chi connectivity index (χ0) is 7.56. The highest BCUT2D eigenvalue weighted by molar-refractivity contribution is 5.85. The van der Waals surface area contributed by atoms with E-state index in [1.165, 1.54) is 0 Å². The predicted octanol–water partition coefficient (Wildman–Crippen LogP) is 0.868. The van der Waals surface area contributed by atoms with Gasteiger partial charge in [0.1, 0.15) is 0 Å². The van der Waals surface area contributed by atoms with Crippen molar-refractivity contribution in [2.45, 2.75) is 19.3 Å². The first kappa shape index (κ1) is 10.7. The molecule has 0 radical (unpaired) electrons. The van der Waals surface area contributed by atoms with Crippen molar-refractivity contribution in [1.29, 1.82) is 0 Å². The first-order chi connectivity index (χ1) is 4.75. The molecule has 0 aromatic carbocycles. The molecule has 0 spiro atoms. The Bertz CT molecular complexity index is 140. The molecule has 0 unspecified atom stereocenters. The van der Waals surface area contributed by atoms with Crippen molar-refractivity contribution in [1.82, 2.24) is 0 Å². The molecule has 3 nitrogen and oxygen atoms in total. The van der Waals surface area contributed by atoms with Gasteiger partial charge >= 0.3 is 5.97 Å². The molecule has 0 saturated heterocycles. The minimum absolute atomic E-state index is 0. The quantitative estimate of drug-likeness (QED) is 0.661. The standard InChI is InChI=1S/C7H13NO2.ClH/c8-4-5-2-1-3-6(5)7(9)10;/h5-6H,1-4,8H2,(H,9,10);1H/t5-,6-;/m1./s1. The lowest BCUT2D eigenvalue weighted by Gasteiger charge is -2.11. The van der Waals surface area contributed by atoms with Gasteiger partial charge < -0.3 is 10.8 Å². The number of rotatable bonds is 2. The van der Waals surface area contributed by atoms with Crippen LogP contribution in [0.2, 0.25) is 0 Å². The number of hydrogen-bond acceptors (Lipinski definition) is 2. The molecule has 0 aromatic heterocycles. The maximum Gasteiger partial charge on any atom is 0.306 e. The Hall–Kier alpha value is -0.280. The summed E-state index contributed by atoms with van der Waals surface area (Å²) in [4.78, 5) is 10.5. The van der Waals surface area contributed by atoms with Crippen LogP contribution in [0.3, 0.4) is 0 Å². The van der Waals surface area contributed by atoms with Crippen molar-refractivity contribution in [3.8, 4) is 0 Å². The van der Waals surface area contributed by atoms with Crippen molar-refractivity contribution >= 4 is 18.4 Å². The molecule has 11 heavy (non-hydrogen) atoms. The van der Waals surface area contributed by atoms with Crippen LogP contribution in [-0.4, -0.2) is 17.6 Å². The molecule has 2 atom stereocenters. The van der Waals surface area contributed by atoms with Gasteiger partial charge in [-0.1, -0.05) is 6.42 Å². The minimum atomic E-state index is -0.673. The summed E-state index contributed by atoms with van der Waals surface area (Å²) in [5.41, 5.74) is 5.40. The molecule has 1 aliphatic rings. The average Bonchev–Trinajstić information content (AvgIpc) is 2.33. The molecule has 1 saturated carbocycles. The molecule has 0 bridgehead atoms. The first-order valence-corrected chi connectivity index (χ1v) is 3.68. The van der Waals surface area contributed by atoms with E-state index in [1.54, 1.807) is 0 Å². The fourth-order valence-corrected chi connectivity index (χ4v) is 1.64. The largest absolute Gasteiger partial charge is 0.481 e. The van der Waals surface area contributed by atoms with Gasteiger partial charge in [0.15, 0.2) is 0 Å². The summed E-state index contributed by atoms with van der Waals surface area (Å²) in [6, 6.07) is 0. The molecule has 0 amide bonds. The van der Waals surface area contributed by atoms with Gasteiger partial charge in [-0.25, -0.2) is 0 Å². The third-order valence-corrected chi connectivity index (χ3v) is 2.28. The van der Waals surface area contributed by atoms with E-state index in [2.05, 4.69) is 0 Å². The van der Waals surface area contributed by atoms with Crippen LogP contribution >= 0.6 is 12.4 Å². The van der Waals surface area contributed by atoms with Crippen molar-refractivity contribution in [3.05, 3.63) is 0 Å². The van der Waals surface area contributed by atoms with Gasteiger partial charge in [0.05, 0.1) is 5.92 Å². The Morgan fingerprint density at radius 3 is 2.55 bits per heavy atom. The Balaban J connectivity index is 0.000001000. The van der Waals surface area contributed by atoms with Gasteiger partial charge in [-0.05, 0) is 25.3 Å². The number of carboxylic acid groups (broad SMARTS) is 1. The van der Waals surface area contributed by atoms with E-state index in [1.807, 2.05) is 0 Å². The van der Waals surface area contributed by atoms with Crippen molar-refractivity contribution < 1.29 is 9.90 Å². The van der Waals surface area contributed by atoms with E-state index in [9.17, 15) is 4.79 Å². The highest BCUT2D eigenvalue weighted by atomic mass is 35.5. The maximum atomic E-state index is 10.5. The van der Waals surface area contributed by atoms with E-state index in [-0.39, 0.29) is 24.2 Å². The third kappa shape index (κ3) is 2.34. The number of aliphatic carboxylic acids is 1. The predicted molar refractivity (Wildman–Crippen MR) is 44.8 cm³/mol. The fraction of sp³-hybridized carbons (Fsp3) is 0.857. The summed E-state index contributed by atoms with van der Waals surface area (Å²) in [5, 5.41) is 8.66. The lowest BCUT2D eigenvalue weighted by molar-refractivity contribution is -0.142. The lowest BCUT2D eigenvalue weighted by Crippen LogP contribution is -2.24. The van der Waals surface area contributed by atoms with Gasteiger partial charge in [0.2, 0.25) is 0 Å². The van der Waals surface area contributed by atoms with Crippen LogP contribution in [0.15, 0.2) is 0 Å². The second-order valence-corrected chi connectivity index (χ2v) is 2.87. The Morgan fingerprint density at radius 2 is 2.18 bits per heavy atom. The SMILES string of the molecule is Cl.NC[C@H]1CCC[C@H]1C(=O)O. The van der Waals surface area contributed by atoms with Crippen LogP contribution < -0.4 is 5.73 Å². The van der Waals surface area contributed by atoms with Crippen LogP contribution in [0.25, 0.3) is 0 Å². The van der Waals surface area contributed by atoms with Gasteiger partial charge in [0.25, 0.3) is 0 Å².